The van der Waals surface area contributed by atoms with Crippen molar-refractivity contribution in [2.24, 2.45) is 5.92 Å². The Morgan fingerprint density at radius 3 is 2.50 bits per heavy atom. The van der Waals surface area contributed by atoms with Gasteiger partial charge < -0.3 is 10.1 Å². The lowest BCUT2D eigenvalue weighted by molar-refractivity contribution is -0.140. The van der Waals surface area contributed by atoms with Crippen LogP contribution in [-0.2, 0) is 14.8 Å². The predicted molar refractivity (Wildman–Crippen MR) is 81.2 cm³/mol. The van der Waals surface area contributed by atoms with Crippen LogP contribution in [0, 0.1) is 5.92 Å². The number of aromatic amines is 1. The van der Waals surface area contributed by atoms with Gasteiger partial charge in [-0.1, -0.05) is 13.8 Å². The van der Waals surface area contributed by atoms with Crippen LogP contribution in [0.15, 0.2) is 40.0 Å². The summed E-state index contributed by atoms with van der Waals surface area (Å²) < 4.78 is 26.8. The number of carbonyl (C=O) groups is 1. The topological polar surface area (TPSA) is 116 Å². The number of carboxylic acid groups (broad SMARTS) is 1. The van der Waals surface area contributed by atoms with Crippen molar-refractivity contribution in [3.05, 3.63) is 40.7 Å². The van der Waals surface area contributed by atoms with Gasteiger partial charge in [-0.15, -0.1) is 0 Å². The molecule has 1 aromatic carbocycles. The number of hydrogen-bond donors (Lipinski definition) is 3. The smallest absolute Gasteiger partial charge is 0.322 e. The molecule has 2 aromatic rings. The van der Waals surface area contributed by atoms with Gasteiger partial charge in [0.1, 0.15) is 6.04 Å². The van der Waals surface area contributed by atoms with Crippen LogP contribution in [0.5, 0.6) is 0 Å². The van der Waals surface area contributed by atoms with Crippen LogP contribution in [0.1, 0.15) is 13.8 Å². The van der Waals surface area contributed by atoms with Crippen LogP contribution in [0.3, 0.4) is 0 Å². The number of aliphatic carboxylic acids is 1. The van der Waals surface area contributed by atoms with Gasteiger partial charge in [0.25, 0.3) is 0 Å². The number of fused-ring (bicyclic) bond motifs is 1. The highest BCUT2D eigenvalue weighted by Gasteiger charge is 2.28. The van der Waals surface area contributed by atoms with Gasteiger partial charge in [-0.25, -0.2) is 8.42 Å². The Labute approximate surface area is 127 Å². The molecule has 0 aliphatic carbocycles. The Morgan fingerprint density at radius 1 is 1.23 bits per heavy atom. The molecule has 2 rings (SSSR count). The quantitative estimate of drug-likeness (QED) is 0.756. The van der Waals surface area contributed by atoms with Gasteiger partial charge in [-0.3, -0.25) is 9.59 Å². The lowest BCUT2D eigenvalue weighted by Crippen LogP contribution is -2.44. The fraction of sp³-hybridized carbons (Fsp3) is 0.286. The molecule has 0 unspecified atom stereocenters. The summed E-state index contributed by atoms with van der Waals surface area (Å²) in [6, 6.07) is 5.75. The van der Waals surface area contributed by atoms with Gasteiger partial charge >= 0.3 is 5.97 Å². The molecule has 0 amide bonds. The molecule has 8 heteroatoms. The van der Waals surface area contributed by atoms with Crippen molar-refractivity contribution in [3.63, 3.8) is 0 Å². The van der Waals surface area contributed by atoms with Gasteiger partial charge in [-0.05, 0) is 35.6 Å². The maximum absolute atomic E-state index is 12.3. The van der Waals surface area contributed by atoms with E-state index in [1.165, 1.54) is 30.3 Å². The summed E-state index contributed by atoms with van der Waals surface area (Å²) in [6.07, 6.45) is 0. The maximum atomic E-state index is 12.3. The van der Waals surface area contributed by atoms with Crippen LogP contribution in [0.2, 0.25) is 0 Å². The van der Waals surface area contributed by atoms with E-state index in [0.29, 0.717) is 10.9 Å². The Hall–Kier alpha value is -2.19. The van der Waals surface area contributed by atoms with Crippen LogP contribution in [-0.4, -0.2) is 30.5 Å². The lowest BCUT2D eigenvalue weighted by Gasteiger charge is -2.18. The van der Waals surface area contributed by atoms with Gasteiger partial charge in [0.2, 0.25) is 15.6 Å². The zero-order chi connectivity index (χ0) is 16.5. The highest BCUT2D eigenvalue weighted by atomic mass is 32.2. The van der Waals surface area contributed by atoms with Crippen molar-refractivity contribution in [1.29, 1.82) is 0 Å². The van der Waals surface area contributed by atoms with Crippen molar-refractivity contribution < 1.29 is 18.3 Å². The second-order valence-electron chi connectivity index (χ2n) is 5.25. The minimum absolute atomic E-state index is 0.0565. The maximum Gasteiger partial charge on any atom is 0.322 e. The van der Waals surface area contributed by atoms with E-state index < -0.39 is 28.0 Å². The standard InChI is InChI=1S/C14H16N2O5S/c1-8(2)13(14(18)19)16-22(20,21)10-4-5-11-9(7-10)3-6-12(17)15-11/h3-8,13,16H,1-2H3,(H,15,17)(H,18,19)/t13-/m0/s1. The molecular weight excluding hydrogens is 308 g/mol. The molecule has 0 aliphatic heterocycles. The van der Waals surface area contributed by atoms with E-state index in [-0.39, 0.29) is 10.5 Å². The Kier molecular flexibility index (Phi) is 4.34. The number of pyridine rings is 1. The number of sulfonamides is 1. The third kappa shape index (κ3) is 3.34. The van der Waals surface area contributed by atoms with E-state index in [9.17, 15) is 18.0 Å². The van der Waals surface area contributed by atoms with Crippen LogP contribution in [0.25, 0.3) is 10.9 Å². The monoisotopic (exact) mass is 324 g/mol. The third-order valence-corrected chi connectivity index (χ3v) is 4.66. The van der Waals surface area contributed by atoms with E-state index >= 15 is 0 Å². The minimum Gasteiger partial charge on any atom is -0.480 e. The molecule has 7 nitrogen and oxygen atoms in total. The van der Waals surface area contributed by atoms with Gasteiger partial charge in [0.15, 0.2) is 0 Å². The molecule has 118 valence electrons. The Balaban J connectivity index is 2.43. The largest absolute Gasteiger partial charge is 0.480 e. The lowest BCUT2D eigenvalue weighted by atomic mass is 10.1. The number of nitrogens with one attached hydrogen (secondary N) is 2. The molecule has 0 radical (unpaired) electrons. The number of rotatable bonds is 5. The summed E-state index contributed by atoms with van der Waals surface area (Å²) in [4.78, 5) is 24.9. The molecular formula is C14H16N2O5S. The first-order valence-corrected chi connectivity index (χ1v) is 8.07. The van der Waals surface area contributed by atoms with Crippen LogP contribution < -0.4 is 10.3 Å². The summed E-state index contributed by atoms with van der Waals surface area (Å²) in [7, 11) is -3.97. The summed E-state index contributed by atoms with van der Waals surface area (Å²) in [6.45, 7) is 3.23. The van der Waals surface area contributed by atoms with Crippen LogP contribution >= 0.6 is 0 Å². The number of hydrogen-bond acceptors (Lipinski definition) is 4. The minimum atomic E-state index is -3.97. The van der Waals surface area contributed by atoms with Crippen molar-refractivity contribution >= 4 is 26.9 Å². The Morgan fingerprint density at radius 2 is 1.91 bits per heavy atom. The first kappa shape index (κ1) is 16.2. The van der Waals surface area contributed by atoms with Crippen molar-refractivity contribution in [2.45, 2.75) is 24.8 Å². The third-order valence-electron chi connectivity index (χ3n) is 3.22. The van der Waals surface area contributed by atoms with E-state index in [1.54, 1.807) is 13.8 Å². The second-order valence-corrected chi connectivity index (χ2v) is 6.97. The van der Waals surface area contributed by atoms with E-state index in [2.05, 4.69) is 9.71 Å². The summed E-state index contributed by atoms with van der Waals surface area (Å²) in [5.41, 5.74) is 0.220. The second kappa shape index (κ2) is 5.90. The molecule has 0 spiro atoms. The molecule has 3 N–H and O–H groups in total. The fourth-order valence-corrected chi connectivity index (χ4v) is 3.38. The summed E-state index contributed by atoms with van der Waals surface area (Å²) in [5.74, 6) is -1.63. The molecule has 1 aromatic heterocycles. The molecule has 0 saturated heterocycles. The average molecular weight is 324 g/mol. The zero-order valence-corrected chi connectivity index (χ0v) is 12.8. The van der Waals surface area contributed by atoms with Crippen LogP contribution in [0.4, 0.5) is 0 Å². The molecule has 0 aliphatic rings. The first-order valence-electron chi connectivity index (χ1n) is 6.59. The molecule has 0 fully saturated rings. The molecule has 0 saturated carbocycles. The Bertz CT molecular complexity index is 870. The molecule has 0 bridgehead atoms. The van der Waals surface area contributed by atoms with Gasteiger partial charge in [0, 0.05) is 11.6 Å². The number of H-pyrrole nitrogens is 1. The number of aromatic nitrogens is 1. The van der Waals surface area contributed by atoms with E-state index in [4.69, 9.17) is 5.11 Å². The number of carboxylic acids is 1. The zero-order valence-electron chi connectivity index (χ0n) is 12.0. The normalized spacial score (nSPS) is 13.4. The van der Waals surface area contributed by atoms with Crippen molar-refractivity contribution in [3.8, 4) is 0 Å². The molecule has 1 heterocycles. The van der Waals surface area contributed by atoms with Crippen molar-refractivity contribution in [1.82, 2.24) is 9.71 Å². The number of benzene rings is 1. The fourth-order valence-electron chi connectivity index (χ4n) is 2.01. The molecule has 1 atom stereocenters. The summed E-state index contributed by atoms with van der Waals surface area (Å²) in [5, 5.41) is 9.63. The van der Waals surface area contributed by atoms with E-state index in [0.717, 1.165) is 0 Å². The van der Waals surface area contributed by atoms with E-state index in [1.807, 2.05) is 0 Å². The highest BCUT2D eigenvalue weighted by Crippen LogP contribution is 2.17. The SMILES string of the molecule is CC(C)[C@H](NS(=O)(=O)c1ccc2[nH]c(=O)ccc2c1)C(=O)O. The average Bonchev–Trinajstić information content (AvgIpc) is 2.43. The van der Waals surface area contributed by atoms with Gasteiger partial charge in [-0.2, -0.15) is 4.72 Å². The van der Waals surface area contributed by atoms with Crippen molar-refractivity contribution in [2.75, 3.05) is 0 Å². The van der Waals surface area contributed by atoms with Gasteiger partial charge in [0.05, 0.1) is 4.90 Å². The predicted octanol–water partition coefficient (Wildman–Crippen LogP) is 0.916. The summed E-state index contributed by atoms with van der Waals surface area (Å²) >= 11 is 0. The molecule has 22 heavy (non-hydrogen) atoms. The highest BCUT2D eigenvalue weighted by molar-refractivity contribution is 7.89. The first-order chi connectivity index (χ1) is 10.2.